The van der Waals surface area contributed by atoms with E-state index in [0.717, 1.165) is 5.56 Å². The zero-order valence-electron chi connectivity index (χ0n) is 12.1. The van der Waals surface area contributed by atoms with Crippen molar-refractivity contribution in [3.8, 4) is 5.75 Å². The fraction of sp³-hybridized carbons (Fsp3) is 0.467. The van der Waals surface area contributed by atoms with E-state index in [1.165, 1.54) is 0 Å². The van der Waals surface area contributed by atoms with Gasteiger partial charge < -0.3 is 15.0 Å². The molecule has 0 radical (unpaired) electrons. The summed E-state index contributed by atoms with van der Waals surface area (Å²) in [5.41, 5.74) is 1.51. The van der Waals surface area contributed by atoms with Crippen molar-refractivity contribution in [3.05, 3.63) is 23.8 Å². The standard InChI is InChI=1S/C15H20N2O3/c1-4-17(5-2)14(18)9-11-6-7-13-12(8-11)16-15(19)10(3)20-13/h6-8,10H,4-5,9H2,1-3H3,(H,16,19). The highest BCUT2D eigenvalue weighted by molar-refractivity contribution is 5.97. The summed E-state index contributed by atoms with van der Waals surface area (Å²) in [7, 11) is 0. The van der Waals surface area contributed by atoms with Crippen LogP contribution in [0, 0.1) is 0 Å². The van der Waals surface area contributed by atoms with Crippen LogP contribution < -0.4 is 10.1 Å². The molecular formula is C15H20N2O3. The second-order valence-electron chi connectivity index (χ2n) is 4.82. The summed E-state index contributed by atoms with van der Waals surface area (Å²) in [6.45, 7) is 7.04. The Labute approximate surface area is 118 Å². The Bertz CT molecular complexity index is 524. The molecule has 1 aliphatic rings. The van der Waals surface area contributed by atoms with E-state index >= 15 is 0 Å². The molecule has 2 amide bonds. The molecule has 5 nitrogen and oxygen atoms in total. The van der Waals surface area contributed by atoms with Gasteiger partial charge in [0.2, 0.25) is 5.91 Å². The topological polar surface area (TPSA) is 58.6 Å². The molecule has 0 fully saturated rings. The number of rotatable bonds is 4. The summed E-state index contributed by atoms with van der Waals surface area (Å²) < 4.78 is 5.49. The molecule has 0 bridgehead atoms. The first-order valence-electron chi connectivity index (χ1n) is 6.93. The van der Waals surface area contributed by atoms with Gasteiger partial charge in [0.1, 0.15) is 5.75 Å². The monoisotopic (exact) mass is 276 g/mol. The van der Waals surface area contributed by atoms with Gasteiger partial charge in [-0.1, -0.05) is 6.07 Å². The van der Waals surface area contributed by atoms with Crippen molar-refractivity contribution < 1.29 is 14.3 Å². The lowest BCUT2D eigenvalue weighted by atomic mass is 10.1. The molecule has 0 aliphatic carbocycles. The minimum Gasteiger partial charge on any atom is -0.479 e. The van der Waals surface area contributed by atoms with Crippen molar-refractivity contribution in [1.82, 2.24) is 4.90 Å². The SMILES string of the molecule is CCN(CC)C(=O)Cc1ccc2c(c1)NC(=O)C(C)O2. The molecule has 1 aromatic rings. The first-order chi connectivity index (χ1) is 9.55. The van der Waals surface area contributed by atoms with Gasteiger partial charge in [0, 0.05) is 13.1 Å². The first kappa shape index (κ1) is 14.4. The zero-order chi connectivity index (χ0) is 14.7. The van der Waals surface area contributed by atoms with Crippen LogP contribution in [-0.2, 0) is 16.0 Å². The quantitative estimate of drug-likeness (QED) is 0.912. The number of carbonyl (C=O) groups excluding carboxylic acids is 2. The van der Waals surface area contributed by atoms with Crippen molar-refractivity contribution in [2.24, 2.45) is 0 Å². The van der Waals surface area contributed by atoms with Crippen molar-refractivity contribution in [1.29, 1.82) is 0 Å². The molecule has 1 atom stereocenters. The number of carbonyl (C=O) groups is 2. The maximum absolute atomic E-state index is 12.1. The van der Waals surface area contributed by atoms with E-state index < -0.39 is 6.10 Å². The van der Waals surface area contributed by atoms with E-state index in [1.807, 2.05) is 19.9 Å². The number of likely N-dealkylation sites (N-methyl/N-ethyl adjacent to an activating group) is 1. The Balaban J connectivity index is 2.14. The van der Waals surface area contributed by atoms with Gasteiger partial charge in [0.05, 0.1) is 12.1 Å². The number of fused-ring (bicyclic) bond motifs is 1. The average molecular weight is 276 g/mol. The smallest absolute Gasteiger partial charge is 0.265 e. The van der Waals surface area contributed by atoms with E-state index in [9.17, 15) is 9.59 Å². The second kappa shape index (κ2) is 5.94. The van der Waals surface area contributed by atoms with E-state index in [2.05, 4.69) is 5.32 Å². The molecule has 5 heteroatoms. The summed E-state index contributed by atoms with van der Waals surface area (Å²) in [5, 5.41) is 2.79. The lowest BCUT2D eigenvalue weighted by Crippen LogP contribution is -2.34. The van der Waals surface area contributed by atoms with Gasteiger partial charge >= 0.3 is 0 Å². The van der Waals surface area contributed by atoms with E-state index in [1.54, 1.807) is 24.0 Å². The molecule has 1 unspecified atom stereocenters. The molecular weight excluding hydrogens is 256 g/mol. The van der Waals surface area contributed by atoms with Crippen LogP contribution in [0.25, 0.3) is 0 Å². The zero-order valence-corrected chi connectivity index (χ0v) is 12.1. The van der Waals surface area contributed by atoms with Gasteiger partial charge in [0.15, 0.2) is 6.10 Å². The molecule has 1 heterocycles. The fourth-order valence-corrected chi connectivity index (χ4v) is 2.23. The Morgan fingerprint density at radius 2 is 2.05 bits per heavy atom. The highest BCUT2D eigenvalue weighted by Gasteiger charge is 2.23. The van der Waals surface area contributed by atoms with Gasteiger partial charge in [0.25, 0.3) is 5.91 Å². The minimum atomic E-state index is -0.481. The maximum atomic E-state index is 12.1. The molecule has 1 N–H and O–H groups in total. The third kappa shape index (κ3) is 2.92. The lowest BCUT2D eigenvalue weighted by Gasteiger charge is -2.24. The summed E-state index contributed by atoms with van der Waals surface area (Å²) in [5.74, 6) is 0.576. The van der Waals surface area contributed by atoms with Crippen LogP contribution in [0.2, 0.25) is 0 Å². The second-order valence-corrected chi connectivity index (χ2v) is 4.82. The van der Waals surface area contributed by atoms with Gasteiger partial charge in [-0.15, -0.1) is 0 Å². The highest BCUT2D eigenvalue weighted by Crippen LogP contribution is 2.30. The Hall–Kier alpha value is -2.04. The molecule has 0 saturated heterocycles. The number of ether oxygens (including phenoxy) is 1. The maximum Gasteiger partial charge on any atom is 0.265 e. The third-order valence-electron chi connectivity index (χ3n) is 3.45. The van der Waals surface area contributed by atoms with E-state index in [-0.39, 0.29) is 11.8 Å². The van der Waals surface area contributed by atoms with E-state index in [0.29, 0.717) is 30.9 Å². The van der Waals surface area contributed by atoms with E-state index in [4.69, 9.17) is 4.74 Å². The molecule has 1 aromatic carbocycles. The van der Waals surface area contributed by atoms with Crippen LogP contribution in [0.15, 0.2) is 18.2 Å². The minimum absolute atomic E-state index is 0.0892. The molecule has 2 rings (SSSR count). The Kier molecular flexibility index (Phi) is 4.27. The normalized spacial score (nSPS) is 16.9. The van der Waals surface area contributed by atoms with Crippen LogP contribution in [0.4, 0.5) is 5.69 Å². The number of benzene rings is 1. The van der Waals surface area contributed by atoms with Gasteiger partial charge in [-0.3, -0.25) is 9.59 Å². The molecule has 0 spiro atoms. The summed E-state index contributed by atoms with van der Waals surface area (Å²) in [6, 6.07) is 5.47. The number of nitrogens with one attached hydrogen (secondary N) is 1. The van der Waals surface area contributed by atoms with Crippen LogP contribution in [0.1, 0.15) is 26.3 Å². The largest absolute Gasteiger partial charge is 0.479 e. The Morgan fingerprint density at radius 3 is 2.70 bits per heavy atom. The molecule has 0 aromatic heterocycles. The van der Waals surface area contributed by atoms with Crippen LogP contribution in [0.5, 0.6) is 5.75 Å². The predicted octanol–water partition coefficient (Wildman–Crippen LogP) is 1.82. The molecule has 108 valence electrons. The average Bonchev–Trinajstić information content (AvgIpc) is 2.42. The van der Waals surface area contributed by atoms with Gasteiger partial charge in [-0.25, -0.2) is 0 Å². The number of anilines is 1. The fourth-order valence-electron chi connectivity index (χ4n) is 2.23. The van der Waals surface area contributed by atoms with Crippen molar-refractivity contribution in [3.63, 3.8) is 0 Å². The van der Waals surface area contributed by atoms with Crippen LogP contribution in [0.3, 0.4) is 0 Å². The molecule has 0 saturated carbocycles. The Morgan fingerprint density at radius 1 is 1.35 bits per heavy atom. The van der Waals surface area contributed by atoms with Crippen LogP contribution in [-0.4, -0.2) is 35.9 Å². The summed E-state index contributed by atoms with van der Waals surface area (Å²) >= 11 is 0. The van der Waals surface area contributed by atoms with Crippen LogP contribution >= 0.6 is 0 Å². The molecule has 1 aliphatic heterocycles. The highest BCUT2D eigenvalue weighted by atomic mass is 16.5. The van der Waals surface area contributed by atoms with Crippen molar-refractivity contribution in [2.75, 3.05) is 18.4 Å². The molecule has 20 heavy (non-hydrogen) atoms. The van der Waals surface area contributed by atoms with Crippen molar-refractivity contribution >= 4 is 17.5 Å². The first-order valence-corrected chi connectivity index (χ1v) is 6.93. The number of hydrogen-bond donors (Lipinski definition) is 1. The van der Waals surface area contributed by atoms with Crippen molar-refractivity contribution in [2.45, 2.75) is 33.3 Å². The number of amides is 2. The van der Waals surface area contributed by atoms with Gasteiger partial charge in [-0.2, -0.15) is 0 Å². The summed E-state index contributed by atoms with van der Waals surface area (Å²) in [4.78, 5) is 25.4. The third-order valence-corrected chi connectivity index (χ3v) is 3.45. The predicted molar refractivity (Wildman–Crippen MR) is 76.8 cm³/mol. The van der Waals surface area contributed by atoms with Gasteiger partial charge in [-0.05, 0) is 38.5 Å². The lowest BCUT2D eigenvalue weighted by molar-refractivity contribution is -0.130. The number of nitrogens with zero attached hydrogens (tertiary/aromatic N) is 1. The summed E-state index contributed by atoms with van der Waals surface area (Å²) in [6.07, 6.45) is -0.147. The number of hydrogen-bond acceptors (Lipinski definition) is 3.